The van der Waals surface area contributed by atoms with Crippen LogP contribution in [0.1, 0.15) is 152 Å². The molecule has 358 valence electrons. The Morgan fingerprint density at radius 3 is 1.21 bits per heavy atom. The highest BCUT2D eigenvalue weighted by Crippen LogP contribution is 2.70. The van der Waals surface area contributed by atoms with Crippen molar-refractivity contribution in [3.8, 4) is 34.1 Å². The van der Waals surface area contributed by atoms with E-state index in [1.807, 2.05) is 36.4 Å². The third-order valence-electron chi connectivity index (χ3n) is 18.3. The van der Waals surface area contributed by atoms with Gasteiger partial charge in [-0.2, -0.15) is 0 Å². The second kappa shape index (κ2) is 15.9. The van der Waals surface area contributed by atoms with Gasteiger partial charge in [0.15, 0.2) is 0 Å². The molecule has 0 aliphatic heterocycles. The number of aromatic carboxylic acids is 4. The van der Waals surface area contributed by atoms with E-state index in [1.54, 1.807) is 0 Å². The maximum Gasteiger partial charge on any atom is 0.336 e. The van der Waals surface area contributed by atoms with E-state index in [9.17, 15) is 39.6 Å². The zero-order valence-electron chi connectivity index (χ0n) is 39.2. The van der Waals surface area contributed by atoms with Crippen LogP contribution in [0.3, 0.4) is 0 Å². The highest BCUT2D eigenvalue weighted by atomic mass is 16.5. The SMILES string of the molecule is O=C(O)c1ccc(Oc2ccccc2C2(c3ccccc3Oc3ccc(C(=O)O)c(C(=O)O)c3)c3ccccc3-c3ccc(C45CC6CC(CC(C6)C4)C5)c(C45CC6CC(CC(C6)C4)C5)c32)cc1C(=O)O. The van der Waals surface area contributed by atoms with Crippen LogP contribution in [0.4, 0.5) is 0 Å². The minimum atomic E-state index is -1.39. The lowest BCUT2D eigenvalue weighted by molar-refractivity contribution is -0.0178. The molecule has 0 heterocycles. The molecular formula is C61H54O10. The smallest absolute Gasteiger partial charge is 0.336 e. The second-order valence-corrected chi connectivity index (χ2v) is 22.4. The van der Waals surface area contributed by atoms with E-state index in [0.717, 1.165) is 47.1 Å². The van der Waals surface area contributed by atoms with Crippen molar-refractivity contribution in [2.75, 3.05) is 0 Å². The Labute approximate surface area is 411 Å². The second-order valence-electron chi connectivity index (χ2n) is 22.4. The topological polar surface area (TPSA) is 168 Å². The van der Waals surface area contributed by atoms with Gasteiger partial charge >= 0.3 is 23.9 Å². The Bertz CT molecular complexity index is 3080. The largest absolute Gasteiger partial charge is 0.478 e. The molecule has 8 fully saturated rings. The van der Waals surface area contributed by atoms with Gasteiger partial charge in [-0.3, -0.25) is 0 Å². The first-order chi connectivity index (χ1) is 34.3. The molecule has 0 unspecified atom stereocenters. The zero-order valence-corrected chi connectivity index (χ0v) is 39.2. The van der Waals surface area contributed by atoms with Crippen LogP contribution in [0.2, 0.25) is 0 Å². The summed E-state index contributed by atoms with van der Waals surface area (Å²) in [6.07, 6.45) is 14.7. The Morgan fingerprint density at radius 2 is 0.775 bits per heavy atom. The predicted molar refractivity (Wildman–Crippen MR) is 264 cm³/mol. The lowest BCUT2D eigenvalue weighted by atomic mass is 9.43. The summed E-state index contributed by atoms with van der Waals surface area (Å²) in [5.74, 6) is -0.247. The van der Waals surface area contributed by atoms with Crippen molar-refractivity contribution < 1.29 is 49.1 Å². The highest BCUT2D eigenvalue weighted by molar-refractivity contribution is 6.03. The number of benzene rings is 6. The summed E-state index contributed by atoms with van der Waals surface area (Å²) in [6, 6.07) is 37.4. The van der Waals surface area contributed by atoms with E-state index in [2.05, 4.69) is 48.5 Å². The minimum absolute atomic E-state index is 0.0211. The molecule has 0 spiro atoms. The van der Waals surface area contributed by atoms with Crippen molar-refractivity contribution in [1.82, 2.24) is 0 Å². The van der Waals surface area contributed by atoms with Crippen molar-refractivity contribution >= 4 is 23.9 Å². The van der Waals surface area contributed by atoms with Crippen LogP contribution in [-0.4, -0.2) is 44.3 Å². The Balaban J connectivity index is 1.13. The lowest BCUT2D eigenvalue weighted by Gasteiger charge is -2.61. The number of hydrogen-bond acceptors (Lipinski definition) is 6. The molecule has 15 rings (SSSR count). The van der Waals surface area contributed by atoms with Crippen molar-refractivity contribution in [3.05, 3.63) is 177 Å². The van der Waals surface area contributed by atoms with Gasteiger partial charge < -0.3 is 29.9 Å². The first-order valence-corrected chi connectivity index (χ1v) is 25.4. The molecule has 6 aromatic rings. The maximum atomic E-state index is 12.6. The molecule has 10 heteroatoms. The van der Waals surface area contributed by atoms with Gasteiger partial charge in [-0.1, -0.05) is 72.8 Å². The van der Waals surface area contributed by atoms with Gasteiger partial charge in [0.05, 0.1) is 27.7 Å². The fraction of sp³-hybridized carbons (Fsp3) is 0.344. The van der Waals surface area contributed by atoms with Gasteiger partial charge in [-0.25, -0.2) is 19.2 Å². The van der Waals surface area contributed by atoms with Crippen molar-refractivity contribution in [2.24, 2.45) is 35.5 Å². The minimum Gasteiger partial charge on any atom is -0.478 e. The molecule has 71 heavy (non-hydrogen) atoms. The number of ether oxygens (including phenoxy) is 2. The first-order valence-electron chi connectivity index (χ1n) is 25.4. The molecular weight excluding hydrogens is 893 g/mol. The quantitative estimate of drug-likeness (QED) is 0.0925. The van der Waals surface area contributed by atoms with Crippen LogP contribution < -0.4 is 9.47 Å². The number of carboxylic acids is 4. The summed E-state index contributed by atoms with van der Waals surface area (Å²) < 4.78 is 13.9. The van der Waals surface area contributed by atoms with E-state index in [1.165, 1.54) is 111 Å². The van der Waals surface area contributed by atoms with E-state index < -0.39 is 40.4 Å². The van der Waals surface area contributed by atoms with Crippen LogP contribution in [0.25, 0.3) is 11.1 Å². The average Bonchev–Trinajstić information content (AvgIpc) is 3.64. The van der Waals surface area contributed by atoms with Gasteiger partial charge in [-0.05, 0) is 205 Å². The van der Waals surface area contributed by atoms with Crippen LogP contribution >= 0.6 is 0 Å². The predicted octanol–water partition coefficient (Wildman–Crippen LogP) is 13.4. The molecule has 9 aliphatic carbocycles. The fourth-order valence-electron chi connectivity index (χ4n) is 16.8. The molecule has 0 aromatic heterocycles. The van der Waals surface area contributed by atoms with Gasteiger partial charge in [0, 0.05) is 11.1 Å². The van der Waals surface area contributed by atoms with E-state index in [-0.39, 0.29) is 33.5 Å². The number of carbonyl (C=O) groups is 4. The Kier molecular flexibility index (Phi) is 9.81. The highest BCUT2D eigenvalue weighted by Gasteiger charge is 2.61. The molecule has 10 nitrogen and oxygen atoms in total. The molecule has 8 bridgehead atoms. The summed E-state index contributed by atoms with van der Waals surface area (Å²) >= 11 is 0. The van der Waals surface area contributed by atoms with Gasteiger partial charge in [0.2, 0.25) is 0 Å². The third-order valence-corrected chi connectivity index (χ3v) is 18.3. The van der Waals surface area contributed by atoms with Crippen LogP contribution in [0.5, 0.6) is 23.0 Å². The lowest BCUT2D eigenvalue weighted by Crippen LogP contribution is -2.53. The zero-order chi connectivity index (χ0) is 48.6. The number of fused-ring (bicyclic) bond motifs is 3. The molecule has 0 saturated heterocycles. The van der Waals surface area contributed by atoms with Crippen LogP contribution in [-0.2, 0) is 16.2 Å². The molecule has 9 aliphatic rings. The Morgan fingerprint density at radius 1 is 0.380 bits per heavy atom. The summed E-state index contributed by atoms with van der Waals surface area (Å²) in [7, 11) is 0. The van der Waals surface area contributed by atoms with E-state index >= 15 is 0 Å². The van der Waals surface area contributed by atoms with Gasteiger partial charge in [-0.15, -0.1) is 0 Å². The van der Waals surface area contributed by atoms with Crippen LogP contribution in [0.15, 0.2) is 121 Å². The first kappa shape index (κ1) is 43.8. The summed E-state index contributed by atoms with van der Waals surface area (Å²) in [5.41, 5.74) is 6.26. The summed E-state index contributed by atoms with van der Waals surface area (Å²) in [6.45, 7) is 0. The number of rotatable bonds is 12. The van der Waals surface area contributed by atoms with Crippen LogP contribution in [0, 0.1) is 35.5 Å². The number of para-hydroxylation sites is 2. The molecule has 0 atom stereocenters. The van der Waals surface area contributed by atoms with Crippen molar-refractivity contribution in [3.63, 3.8) is 0 Å². The third kappa shape index (κ3) is 6.65. The maximum absolute atomic E-state index is 12.6. The number of hydrogen-bond donors (Lipinski definition) is 4. The summed E-state index contributed by atoms with van der Waals surface area (Å²) in [4.78, 5) is 49.6. The molecule has 0 radical (unpaired) electrons. The molecule has 4 N–H and O–H groups in total. The van der Waals surface area contributed by atoms with Gasteiger partial charge in [0.25, 0.3) is 0 Å². The van der Waals surface area contributed by atoms with Gasteiger partial charge in [0.1, 0.15) is 23.0 Å². The standard InChI is InChI=1S/C61H54O10/c62-55(63)43-15-13-39(25-45(43)57(66)67)70-51-11-5-3-9-48(51)61(49-10-4-6-12-52(49)71-40-14-16-44(56(64)65)46(26-40)58(68)69)47-8-2-1-7-41(47)42-17-18-50(59-27-33-19-34(28-59)21-35(20-33)29-59)54(53(42)61)60-30-36-22-37(31-60)24-38(23-36)32-60/h1-18,25-26,33-38H,19-24,27-32H2,(H,62,63)(H,64,65)(H,66,67)(H,68,69). The summed E-state index contributed by atoms with van der Waals surface area (Å²) in [5, 5.41) is 40.4. The Hall–Kier alpha value is -7.20. The normalized spacial score (nSPS) is 27.7. The van der Waals surface area contributed by atoms with Crippen molar-refractivity contribution in [1.29, 1.82) is 0 Å². The average molecular weight is 947 g/mol. The molecule has 0 amide bonds. The van der Waals surface area contributed by atoms with E-state index in [0.29, 0.717) is 47.0 Å². The van der Waals surface area contributed by atoms with Crippen molar-refractivity contribution in [2.45, 2.75) is 93.3 Å². The molecule has 6 aromatic carbocycles. The van der Waals surface area contributed by atoms with E-state index in [4.69, 9.17) is 9.47 Å². The molecule has 8 saturated carbocycles. The monoisotopic (exact) mass is 946 g/mol. The number of carboxylic acid groups (broad SMARTS) is 4. The fourth-order valence-corrected chi connectivity index (χ4v) is 16.8.